The molecule has 1 aliphatic carbocycles. The molecule has 2 aromatic heterocycles. The van der Waals surface area contributed by atoms with Gasteiger partial charge in [0.05, 0.1) is 30.5 Å². The zero-order valence-electron chi connectivity index (χ0n) is 17.1. The lowest BCUT2D eigenvalue weighted by Crippen LogP contribution is -2.52. The van der Waals surface area contributed by atoms with E-state index in [1.807, 2.05) is 0 Å². The van der Waals surface area contributed by atoms with Crippen molar-refractivity contribution in [3.05, 3.63) is 42.5 Å². The van der Waals surface area contributed by atoms with Crippen molar-refractivity contribution in [2.24, 2.45) is 0 Å². The third-order valence-corrected chi connectivity index (χ3v) is 5.10. The number of hydrogen-bond acceptors (Lipinski definition) is 6. The van der Waals surface area contributed by atoms with E-state index in [4.69, 9.17) is 4.74 Å². The van der Waals surface area contributed by atoms with Gasteiger partial charge in [-0.05, 0) is 31.9 Å². The molecule has 3 rings (SSSR count). The molecule has 2 N–H and O–H groups in total. The highest BCUT2D eigenvalue weighted by Crippen LogP contribution is 2.31. The molecule has 160 valence electrons. The maximum Gasteiger partial charge on any atom is 0.308 e. The molecule has 0 aromatic carbocycles. The first-order valence-electron chi connectivity index (χ1n) is 10.2. The molecule has 30 heavy (non-hydrogen) atoms. The normalized spacial score (nSPS) is 15.2. The van der Waals surface area contributed by atoms with Crippen LogP contribution < -0.4 is 10.6 Å². The molecule has 0 aliphatic heterocycles. The van der Waals surface area contributed by atoms with E-state index in [9.17, 15) is 14.4 Å². The van der Waals surface area contributed by atoms with E-state index >= 15 is 0 Å². The number of hydrogen-bond donors (Lipinski definition) is 2. The van der Waals surface area contributed by atoms with Crippen LogP contribution in [0, 0.1) is 0 Å². The Labute approximate surface area is 175 Å². The monoisotopic (exact) mass is 413 g/mol. The minimum atomic E-state index is -0.565. The van der Waals surface area contributed by atoms with Crippen LogP contribution in [-0.4, -0.2) is 44.7 Å². The van der Waals surface area contributed by atoms with Crippen molar-refractivity contribution in [1.82, 2.24) is 20.1 Å². The van der Waals surface area contributed by atoms with Crippen molar-refractivity contribution in [1.29, 1.82) is 0 Å². The lowest BCUT2D eigenvalue weighted by molar-refractivity contribution is -0.145. The quantitative estimate of drug-likeness (QED) is 0.642. The molecule has 1 aliphatic rings. The van der Waals surface area contributed by atoms with Crippen LogP contribution in [0.4, 0.5) is 5.69 Å². The van der Waals surface area contributed by atoms with Gasteiger partial charge in [0.25, 0.3) is 5.91 Å². The third-order valence-electron chi connectivity index (χ3n) is 5.10. The Hall–Kier alpha value is -3.23. The van der Waals surface area contributed by atoms with Crippen LogP contribution in [-0.2, 0) is 20.9 Å². The number of esters is 1. The smallest absolute Gasteiger partial charge is 0.308 e. The van der Waals surface area contributed by atoms with Crippen LogP contribution in [0.3, 0.4) is 0 Å². The van der Waals surface area contributed by atoms with Gasteiger partial charge in [0.15, 0.2) is 0 Å². The van der Waals surface area contributed by atoms with Gasteiger partial charge in [-0.3, -0.25) is 24.0 Å². The Kier molecular flexibility index (Phi) is 7.16. The van der Waals surface area contributed by atoms with Gasteiger partial charge in [-0.15, -0.1) is 0 Å². The number of pyridine rings is 1. The van der Waals surface area contributed by atoms with Crippen molar-refractivity contribution in [3.63, 3.8) is 0 Å². The standard InChI is InChI=1S/C21H27N5O4/c1-2-30-19(28)12-21(9-5-3-6-10-21)25-18(27)15-26-14-16(13-23-26)24-20(29)17-8-4-7-11-22-17/h4,7-8,11,13-14H,2-3,5-6,9-10,12,15H2,1H3,(H,24,29)(H,25,27). The summed E-state index contributed by atoms with van der Waals surface area (Å²) in [5.74, 6) is -0.875. The van der Waals surface area contributed by atoms with E-state index in [0.717, 1.165) is 32.1 Å². The van der Waals surface area contributed by atoms with Gasteiger partial charge in [-0.25, -0.2) is 0 Å². The Morgan fingerprint density at radius 2 is 2.00 bits per heavy atom. The third kappa shape index (κ3) is 5.88. The van der Waals surface area contributed by atoms with Crippen LogP contribution >= 0.6 is 0 Å². The van der Waals surface area contributed by atoms with E-state index < -0.39 is 5.54 Å². The number of ether oxygens (including phenoxy) is 1. The molecule has 1 saturated carbocycles. The average Bonchev–Trinajstić information content (AvgIpc) is 3.15. The number of anilines is 1. The minimum absolute atomic E-state index is 0.00989. The van der Waals surface area contributed by atoms with Gasteiger partial charge < -0.3 is 15.4 Å². The van der Waals surface area contributed by atoms with Gasteiger partial charge in [0.1, 0.15) is 12.2 Å². The van der Waals surface area contributed by atoms with E-state index in [1.165, 1.54) is 10.9 Å². The molecule has 0 unspecified atom stereocenters. The van der Waals surface area contributed by atoms with Crippen molar-refractivity contribution in [2.45, 2.75) is 57.5 Å². The average molecular weight is 413 g/mol. The summed E-state index contributed by atoms with van der Waals surface area (Å²) in [5.41, 5.74) is 0.198. The number of aromatic nitrogens is 3. The summed E-state index contributed by atoms with van der Waals surface area (Å²) < 4.78 is 6.54. The van der Waals surface area contributed by atoms with Crippen LogP contribution in [0.1, 0.15) is 55.9 Å². The molecule has 0 bridgehead atoms. The molecule has 9 heteroatoms. The SMILES string of the molecule is CCOC(=O)CC1(NC(=O)Cn2cc(NC(=O)c3ccccn3)cn2)CCCCC1. The lowest BCUT2D eigenvalue weighted by Gasteiger charge is -2.37. The van der Waals surface area contributed by atoms with Gasteiger partial charge in [0, 0.05) is 12.4 Å². The highest BCUT2D eigenvalue weighted by molar-refractivity contribution is 6.02. The number of nitrogens with zero attached hydrogens (tertiary/aromatic N) is 3. The summed E-state index contributed by atoms with van der Waals surface area (Å²) in [5, 5.41) is 9.89. The van der Waals surface area contributed by atoms with Crippen LogP contribution in [0.2, 0.25) is 0 Å². The Morgan fingerprint density at radius 3 is 2.70 bits per heavy atom. The topological polar surface area (TPSA) is 115 Å². The Bertz CT molecular complexity index is 875. The molecule has 1 fully saturated rings. The van der Waals surface area contributed by atoms with Crippen LogP contribution in [0.25, 0.3) is 0 Å². The van der Waals surface area contributed by atoms with Gasteiger partial charge in [-0.1, -0.05) is 25.3 Å². The summed E-state index contributed by atoms with van der Waals surface area (Å²) >= 11 is 0. The predicted molar refractivity (Wildman–Crippen MR) is 110 cm³/mol. The lowest BCUT2D eigenvalue weighted by atomic mass is 9.79. The fourth-order valence-electron chi connectivity index (χ4n) is 3.75. The first-order chi connectivity index (χ1) is 14.5. The number of carbonyl (C=O) groups excluding carboxylic acids is 3. The Morgan fingerprint density at radius 1 is 1.20 bits per heavy atom. The molecule has 2 aromatic rings. The van der Waals surface area contributed by atoms with Crippen LogP contribution in [0.15, 0.2) is 36.8 Å². The molecular formula is C21H27N5O4. The van der Waals surface area contributed by atoms with Crippen molar-refractivity contribution in [3.8, 4) is 0 Å². The van der Waals surface area contributed by atoms with Gasteiger partial charge in [-0.2, -0.15) is 5.10 Å². The van der Waals surface area contributed by atoms with Gasteiger partial charge >= 0.3 is 5.97 Å². The summed E-state index contributed by atoms with van der Waals surface area (Å²) in [4.78, 5) is 40.9. The predicted octanol–water partition coefficient (Wildman–Crippen LogP) is 2.30. The minimum Gasteiger partial charge on any atom is -0.466 e. The first kappa shape index (κ1) is 21.5. The summed E-state index contributed by atoms with van der Waals surface area (Å²) in [6.45, 7) is 2.08. The number of carbonyl (C=O) groups is 3. The fourth-order valence-corrected chi connectivity index (χ4v) is 3.75. The molecule has 9 nitrogen and oxygen atoms in total. The summed E-state index contributed by atoms with van der Waals surface area (Å²) in [7, 11) is 0. The number of nitrogens with one attached hydrogen (secondary N) is 2. The highest BCUT2D eigenvalue weighted by atomic mass is 16.5. The molecule has 0 spiro atoms. The van der Waals surface area contributed by atoms with E-state index in [1.54, 1.807) is 37.5 Å². The fraction of sp³-hybridized carbons (Fsp3) is 0.476. The second kappa shape index (κ2) is 10.00. The largest absolute Gasteiger partial charge is 0.466 e. The van der Waals surface area contributed by atoms with Crippen molar-refractivity contribution >= 4 is 23.5 Å². The maximum absolute atomic E-state index is 12.7. The van der Waals surface area contributed by atoms with E-state index in [-0.39, 0.29) is 30.7 Å². The molecule has 2 heterocycles. The maximum atomic E-state index is 12.7. The molecule has 2 amide bonds. The van der Waals surface area contributed by atoms with Crippen LogP contribution in [0.5, 0.6) is 0 Å². The van der Waals surface area contributed by atoms with Crippen molar-refractivity contribution in [2.75, 3.05) is 11.9 Å². The highest BCUT2D eigenvalue weighted by Gasteiger charge is 2.36. The molecule has 0 atom stereocenters. The first-order valence-corrected chi connectivity index (χ1v) is 10.2. The van der Waals surface area contributed by atoms with E-state index in [0.29, 0.717) is 18.0 Å². The molecular weight excluding hydrogens is 386 g/mol. The summed E-state index contributed by atoms with van der Waals surface area (Å²) in [6.07, 6.45) is 9.30. The Balaban J connectivity index is 1.58. The van der Waals surface area contributed by atoms with Gasteiger partial charge in [0.2, 0.25) is 5.91 Å². The van der Waals surface area contributed by atoms with E-state index in [2.05, 4.69) is 20.7 Å². The molecule has 0 saturated heterocycles. The number of amides is 2. The second-order valence-corrected chi connectivity index (χ2v) is 7.47. The summed E-state index contributed by atoms with van der Waals surface area (Å²) in [6, 6.07) is 5.07. The number of rotatable bonds is 8. The van der Waals surface area contributed by atoms with Crippen molar-refractivity contribution < 1.29 is 19.1 Å². The zero-order valence-corrected chi connectivity index (χ0v) is 17.1. The zero-order chi connectivity index (χ0) is 21.4. The molecule has 0 radical (unpaired) electrons. The second-order valence-electron chi connectivity index (χ2n) is 7.47.